The van der Waals surface area contributed by atoms with Crippen molar-refractivity contribution in [1.29, 1.82) is 0 Å². The van der Waals surface area contributed by atoms with E-state index < -0.39 is 0 Å². The van der Waals surface area contributed by atoms with E-state index in [0.717, 1.165) is 36.9 Å². The van der Waals surface area contributed by atoms with Gasteiger partial charge in [-0.1, -0.05) is 0 Å². The Bertz CT molecular complexity index is 665. The van der Waals surface area contributed by atoms with Gasteiger partial charge in [0.15, 0.2) is 5.96 Å². The number of hydrogen-bond acceptors (Lipinski definition) is 5. The number of guanidine groups is 1. The van der Waals surface area contributed by atoms with Gasteiger partial charge >= 0.3 is 0 Å². The number of aromatic nitrogens is 2. The molecule has 0 aliphatic heterocycles. The molecule has 0 aromatic carbocycles. The highest BCUT2D eigenvalue weighted by Crippen LogP contribution is 2.27. The molecule has 0 fully saturated rings. The minimum absolute atomic E-state index is 0.720. The molecule has 5 nitrogen and oxygen atoms in total. The molecule has 0 saturated carbocycles. The second-order valence-corrected chi connectivity index (χ2v) is 8.49. The summed E-state index contributed by atoms with van der Waals surface area (Å²) in [5.74, 6) is 0.835. The highest BCUT2D eigenvalue weighted by atomic mass is 32.1. The van der Waals surface area contributed by atoms with Gasteiger partial charge < -0.3 is 10.6 Å². The maximum absolute atomic E-state index is 4.80. The Hall–Kier alpha value is -1.47. The molecule has 1 aliphatic rings. The molecule has 2 heterocycles. The van der Waals surface area contributed by atoms with Crippen molar-refractivity contribution >= 4 is 28.6 Å². The minimum atomic E-state index is 0.720. The van der Waals surface area contributed by atoms with Crippen LogP contribution < -0.4 is 10.6 Å². The zero-order valence-corrected chi connectivity index (χ0v) is 16.0. The van der Waals surface area contributed by atoms with Crippen molar-refractivity contribution in [2.45, 2.75) is 52.0 Å². The molecule has 0 amide bonds. The van der Waals surface area contributed by atoms with Crippen LogP contribution in [-0.2, 0) is 25.8 Å². The Balaban J connectivity index is 1.37. The third-order valence-corrected chi connectivity index (χ3v) is 6.18. The quantitative estimate of drug-likeness (QED) is 0.470. The van der Waals surface area contributed by atoms with Gasteiger partial charge in [0.2, 0.25) is 0 Å². The van der Waals surface area contributed by atoms with E-state index in [1.165, 1.54) is 46.1 Å². The normalized spacial score (nSPS) is 14.5. The second-order valence-electron chi connectivity index (χ2n) is 6.01. The predicted molar refractivity (Wildman–Crippen MR) is 102 cm³/mol. The number of rotatable bonds is 6. The molecular weight excluding hydrogens is 338 g/mol. The van der Waals surface area contributed by atoms with Crippen molar-refractivity contribution in [1.82, 2.24) is 20.6 Å². The minimum Gasteiger partial charge on any atom is -0.356 e. The molecule has 3 rings (SSSR count). The average molecular weight is 364 g/mol. The molecule has 0 bridgehead atoms. The number of fused-ring (bicyclic) bond motifs is 1. The first-order chi connectivity index (χ1) is 11.7. The Morgan fingerprint density at radius 1 is 1.21 bits per heavy atom. The van der Waals surface area contributed by atoms with Crippen LogP contribution in [0.4, 0.5) is 0 Å². The molecule has 0 saturated heterocycles. The summed E-state index contributed by atoms with van der Waals surface area (Å²) in [5.41, 5.74) is 1.37. The Kier molecular flexibility index (Phi) is 6.20. The summed E-state index contributed by atoms with van der Waals surface area (Å²) in [6, 6.07) is 0. The monoisotopic (exact) mass is 363 g/mol. The molecule has 0 spiro atoms. The van der Waals surface area contributed by atoms with E-state index >= 15 is 0 Å². The van der Waals surface area contributed by atoms with Crippen LogP contribution in [0.1, 0.15) is 44.7 Å². The van der Waals surface area contributed by atoms with E-state index in [4.69, 9.17) is 4.98 Å². The molecule has 0 radical (unpaired) electrons. The van der Waals surface area contributed by atoms with Crippen molar-refractivity contribution in [2.24, 2.45) is 4.99 Å². The first-order valence-corrected chi connectivity index (χ1v) is 10.2. The van der Waals surface area contributed by atoms with Crippen molar-refractivity contribution in [3.63, 3.8) is 0 Å². The third kappa shape index (κ3) is 4.77. The molecule has 130 valence electrons. The van der Waals surface area contributed by atoms with E-state index in [1.54, 1.807) is 18.4 Å². The van der Waals surface area contributed by atoms with Gasteiger partial charge in [-0.15, -0.1) is 22.7 Å². The molecule has 1 aliphatic carbocycles. The van der Waals surface area contributed by atoms with Gasteiger partial charge in [0.25, 0.3) is 0 Å². The van der Waals surface area contributed by atoms with E-state index in [2.05, 4.69) is 27.5 Å². The van der Waals surface area contributed by atoms with Crippen LogP contribution in [0.2, 0.25) is 0 Å². The highest BCUT2D eigenvalue weighted by Gasteiger charge is 2.14. The van der Waals surface area contributed by atoms with Gasteiger partial charge in [0.1, 0.15) is 5.01 Å². The van der Waals surface area contributed by atoms with Gasteiger partial charge in [-0.2, -0.15) is 0 Å². The fraction of sp³-hybridized carbons (Fsp3) is 0.588. The highest BCUT2D eigenvalue weighted by molar-refractivity contribution is 7.11. The molecule has 0 atom stereocenters. The van der Waals surface area contributed by atoms with Crippen molar-refractivity contribution < 1.29 is 0 Å². The van der Waals surface area contributed by atoms with Crippen LogP contribution in [0, 0.1) is 6.92 Å². The number of aliphatic imine (C=N–C) groups is 1. The largest absolute Gasteiger partial charge is 0.356 e. The molecule has 2 aromatic heterocycles. The molecule has 2 aromatic rings. The maximum atomic E-state index is 4.80. The van der Waals surface area contributed by atoms with Crippen molar-refractivity contribution in [3.8, 4) is 0 Å². The van der Waals surface area contributed by atoms with Gasteiger partial charge in [0, 0.05) is 36.0 Å². The zero-order chi connectivity index (χ0) is 16.8. The van der Waals surface area contributed by atoms with Crippen LogP contribution >= 0.6 is 22.7 Å². The standard InChI is InChI=1S/C17H25N5S2/c1-12-10-20-16(23-12)11-21-17(18-2)19-9-5-8-15-22-13-6-3-4-7-14(13)24-15/h10H,3-9,11H2,1-2H3,(H2,18,19,21). The number of aryl methyl sites for hydroxylation is 4. The first kappa shape index (κ1) is 17.4. The third-order valence-electron chi connectivity index (χ3n) is 4.05. The Morgan fingerprint density at radius 2 is 2.08 bits per heavy atom. The summed E-state index contributed by atoms with van der Waals surface area (Å²) in [7, 11) is 1.80. The lowest BCUT2D eigenvalue weighted by Crippen LogP contribution is -2.37. The molecule has 7 heteroatoms. The SMILES string of the molecule is CN=C(NCCCc1nc2c(s1)CCCC2)NCc1ncc(C)s1. The van der Waals surface area contributed by atoms with E-state index in [0.29, 0.717) is 0 Å². The number of hydrogen-bond donors (Lipinski definition) is 2. The lowest BCUT2D eigenvalue weighted by Gasteiger charge is -2.10. The van der Waals surface area contributed by atoms with E-state index in [-0.39, 0.29) is 0 Å². The fourth-order valence-electron chi connectivity index (χ4n) is 2.82. The van der Waals surface area contributed by atoms with Crippen LogP contribution in [0.5, 0.6) is 0 Å². The molecule has 24 heavy (non-hydrogen) atoms. The maximum Gasteiger partial charge on any atom is 0.191 e. The van der Waals surface area contributed by atoms with Crippen molar-refractivity contribution in [3.05, 3.63) is 31.7 Å². The smallest absolute Gasteiger partial charge is 0.191 e. The zero-order valence-electron chi connectivity index (χ0n) is 14.4. The lowest BCUT2D eigenvalue weighted by molar-refractivity contribution is 0.678. The Morgan fingerprint density at radius 3 is 2.83 bits per heavy atom. The summed E-state index contributed by atoms with van der Waals surface area (Å²) in [5, 5.41) is 9.07. The first-order valence-electron chi connectivity index (χ1n) is 8.58. The van der Waals surface area contributed by atoms with Gasteiger partial charge in [0.05, 0.1) is 17.2 Å². The van der Waals surface area contributed by atoms with E-state index in [9.17, 15) is 0 Å². The van der Waals surface area contributed by atoms with Crippen LogP contribution in [0.25, 0.3) is 0 Å². The Labute approximate surface area is 151 Å². The second kappa shape index (κ2) is 8.58. The molecule has 2 N–H and O–H groups in total. The summed E-state index contributed by atoms with van der Waals surface area (Å²) in [4.78, 5) is 16.2. The van der Waals surface area contributed by atoms with Crippen LogP contribution in [0.15, 0.2) is 11.2 Å². The molecular formula is C17H25N5S2. The summed E-state index contributed by atoms with van der Waals surface area (Å²) < 4.78 is 0. The fourth-order valence-corrected chi connectivity index (χ4v) is 4.75. The van der Waals surface area contributed by atoms with Gasteiger partial charge in [-0.3, -0.25) is 4.99 Å². The van der Waals surface area contributed by atoms with Gasteiger partial charge in [-0.05, 0) is 39.0 Å². The van der Waals surface area contributed by atoms with Gasteiger partial charge in [-0.25, -0.2) is 9.97 Å². The number of nitrogens with zero attached hydrogens (tertiary/aromatic N) is 3. The summed E-state index contributed by atoms with van der Waals surface area (Å²) in [6.07, 6.45) is 9.08. The van der Waals surface area contributed by atoms with Crippen LogP contribution in [0.3, 0.4) is 0 Å². The summed E-state index contributed by atoms with van der Waals surface area (Å²) in [6.45, 7) is 3.70. The number of nitrogens with one attached hydrogen (secondary N) is 2. The summed E-state index contributed by atoms with van der Waals surface area (Å²) >= 11 is 3.63. The number of thiazole rings is 2. The average Bonchev–Trinajstić information content (AvgIpc) is 3.19. The van der Waals surface area contributed by atoms with E-state index in [1.807, 2.05) is 17.5 Å². The van der Waals surface area contributed by atoms with Crippen LogP contribution in [-0.4, -0.2) is 29.5 Å². The topological polar surface area (TPSA) is 62.2 Å². The molecule has 0 unspecified atom stereocenters. The lowest BCUT2D eigenvalue weighted by atomic mass is 10.0. The predicted octanol–water partition coefficient (Wildman–Crippen LogP) is 3.08. The van der Waals surface area contributed by atoms with Crippen molar-refractivity contribution in [2.75, 3.05) is 13.6 Å².